The number of hydrogen-bond acceptors (Lipinski definition) is 4. The van der Waals surface area contributed by atoms with Crippen LogP contribution in [-0.4, -0.2) is 31.3 Å². The van der Waals surface area contributed by atoms with Gasteiger partial charge in [0.1, 0.15) is 5.82 Å². The van der Waals surface area contributed by atoms with Gasteiger partial charge in [0.2, 0.25) is 0 Å². The number of amides is 3. The first-order valence-corrected chi connectivity index (χ1v) is 6.60. The Morgan fingerprint density at radius 1 is 1.43 bits per heavy atom. The predicted molar refractivity (Wildman–Crippen MR) is 76.4 cm³/mol. The van der Waals surface area contributed by atoms with Crippen LogP contribution in [-0.2, 0) is 9.63 Å². The number of benzene rings is 1. The summed E-state index contributed by atoms with van der Waals surface area (Å²) < 4.78 is 12.9. The number of carbonyl (C=O) groups is 2. The van der Waals surface area contributed by atoms with Crippen molar-refractivity contribution in [2.75, 3.05) is 13.2 Å². The molecule has 0 unspecified atom stereocenters. The molecule has 0 spiro atoms. The van der Waals surface area contributed by atoms with E-state index in [1.54, 1.807) is 6.07 Å². The van der Waals surface area contributed by atoms with E-state index in [0.29, 0.717) is 12.1 Å². The fraction of sp³-hybridized carbons (Fsp3) is 0.357. The number of oxime groups is 1. The molecule has 0 aliphatic rings. The molecule has 0 heterocycles. The van der Waals surface area contributed by atoms with Crippen LogP contribution in [0.2, 0.25) is 0 Å². The zero-order valence-electron chi connectivity index (χ0n) is 11.8. The van der Waals surface area contributed by atoms with Crippen LogP contribution in [0.4, 0.5) is 9.18 Å². The summed E-state index contributed by atoms with van der Waals surface area (Å²) in [5, 5.41) is 8.15. The predicted octanol–water partition coefficient (Wildman–Crippen LogP) is 1.80. The van der Waals surface area contributed by atoms with E-state index in [1.165, 1.54) is 24.4 Å². The molecule has 0 aromatic heterocycles. The third-order valence-corrected chi connectivity index (χ3v) is 2.39. The van der Waals surface area contributed by atoms with Crippen LogP contribution in [0.3, 0.4) is 0 Å². The molecule has 0 aliphatic heterocycles. The second kappa shape index (κ2) is 9.46. The Hall–Kier alpha value is -2.44. The third-order valence-electron chi connectivity index (χ3n) is 2.39. The van der Waals surface area contributed by atoms with E-state index < -0.39 is 18.5 Å². The van der Waals surface area contributed by atoms with Crippen LogP contribution in [0.15, 0.2) is 29.4 Å². The van der Waals surface area contributed by atoms with Gasteiger partial charge in [0, 0.05) is 6.54 Å². The van der Waals surface area contributed by atoms with Crippen LogP contribution >= 0.6 is 0 Å². The average molecular weight is 295 g/mol. The molecule has 0 saturated heterocycles. The molecular weight excluding hydrogens is 277 g/mol. The fourth-order valence-corrected chi connectivity index (χ4v) is 1.37. The van der Waals surface area contributed by atoms with Crippen LogP contribution in [0.25, 0.3) is 0 Å². The number of rotatable bonds is 7. The Morgan fingerprint density at radius 2 is 2.24 bits per heavy atom. The molecule has 1 rings (SSSR count). The monoisotopic (exact) mass is 295 g/mol. The van der Waals surface area contributed by atoms with Gasteiger partial charge < -0.3 is 10.2 Å². The van der Waals surface area contributed by atoms with Crippen molar-refractivity contribution in [2.24, 2.45) is 5.16 Å². The second-order valence-electron chi connectivity index (χ2n) is 4.22. The first-order chi connectivity index (χ1) is 10.1. The van der Waals surface area contributed by atoms with Crippen molar-refractivity contribution in [3.63, 3.8) is 0 Å². The summed E-state index contributed by atoms with van der Waals surface area (Å²) in [4.78, 5) is 27.3. The summed E-state index contributed by atoms with van der Waals surface area (Å²) in [6.07, 6.45) is 3.07. The maximum absolute atomic E-state index is 12.9. The summed E-state index contributed by atoms with van der Waals surface area (Å²) in [5.41, 5.74) is 0.507. The maximum Gasteiger partial charge on any atom is 0.321 e. The highest BCUT2D eigenvalue weighted by atomic mass is 19.1. The van der Waals surface area contributed by atoms with E-state index in [9.17, 15) is 14.0 Å². The van der Waals surface area contributed by atoms with Gasteiger partial charge in [-0.2, -0.15) is 0 Å². The quantitative estimate of drug-likeness (QED) is 0.457. The lowest BCUT2D eigenvalue weighted by molar-refractivity contribution is -0.124. The van der Waals surface area contributed by atoms with Crippen molar-refractivity contribution >= 4 is 18.2 Å². The van der Waals surface area contributed by atoms with Crippen LogP contribution < -0.4 is 10.6 Å². The van der Waals surface area contributed by atoms with Crippen molar-refractivity contribution in [3.8, 4) is 0 Å². The number of halogens is 1. The smallest absolute Gasteiger partial charge is 0.321 e. The number of carbonyl (C=O) groups excluding carboxylic acids is 2. The van der Waals surface area contributed by atoms with E-state index in [2.05, 4.69) is 15.8 Å². The highest BCUT2D eigenvalue weighted by molar-refractivity contribution is 5.94. The number of hydrogen-bond donors (Lipinski definition) is 2. The summed E-state index contributed by atoms with van der Waals surface area (Å²) in [6, 6.07) is 5.18. The van der Waals surface area contributed by atoms with Gasteiger partial charge >= 0.3 is 6.03 Å². The molecular formula is C14H18FN3O3. The van der Waals surface area contributed by atoms with E-state index in [0.717, 1.165) is 12.8 Å². The molecule has 0 radical (unpaired) electrons. The average Bonchev–Trinajstić information content (AvgIpc) is 2.44. The van der Waals surface area contributed by atoms with Gasteiger partial charge in [0.05, 0.1) is 6.21 Å². The molecule has 0 fully saturated rings. The summed E-state index contributed by atoms with van der Waals surface area (Å²) in [7, 11) is 0. The van der Waals surface area contributed by atoms with Crippen LogP contribution in [0, 0.1) is 5.82 Å². The molecule has 21 heavy (non-hydrogen) atoms. The lowest BCUT2D eigenvalue weighted by Crippen LogP contribution is -2.41. The van der Waals surface area contributed by atoms with Crippen molar-refractivity contribution < 1.29 is 18.8 Å². The molecule has 7 heteroatoms. The molecule has 0 aliphatic carbocycles. The lowest BCUT2D eigenvalue weighted by atomic mass is 10.2. The number of nitrogens with one attached hydrogen (secondary N) is 2. The van der Waals surface area contributed by atoms with E-state index in [-0.39, 0.29) is 5.82 Å². The topological polar surface area (TPSA) is 79.8 Å². The van der Waals surface area contributed by atoms with Gasteiger partial charge in [0.15, 0.2) is 6.61 Å². The largest absolute Gasteiger partial charge is 0.386 e. The lowest BCUT2D eigenvalue weighted by Gasteiger charge is -2.05. The molecule has 114 valence electrons. The Bertz CT molecular complexity index is 506. The Balaban J connectivity index is 2.22. The van der Waals surface area contributed by atoms with Crippen molar-refractivity contribution in [3.05, 3.63) is 35.6 Å². The molecule has 0 atom stereocenters. The van der Waals surface area contributed by atoms with Crippen molar-refractivity contribution in [1.29, 1.82) is 0 Å². The Kier molecular flexibility index (Phi) is 7.49. The Labute approximate surface area is 122 Å². The first kappa shape index (κ1) is 16.6. The van der Waals surface area contributed by atoms with Gasteiger partial charge in [-0.15, -0.1) is 0 Å². The van der Waals surface area contributed by atoms with Crippen LogP contribution in [0.5, 0.6) is 0 Å². The molecule has 0 bridgehead atoms. The first-order valence-electron chi connectivity index (χ1n) is 6.60. The highest BCUT2D eigenvalue weighted by Crippen LogP contribution is 2.00. The molecule has 6 nitrogen and oxygen atoms in total. The standard InChI is InChI=1S/C14H18FN3O3/c1-2-3-7-16-14(20)18-13(19)10-21-17-9-11-5-4-6-12(15)8-11/h4-6,8-9H,2-3,7,10H2,1H3,(H2,16,18,19,20)/b17-9-. The van der Waals surface area contributed by atoms with E-state index in [4.69, 9.17) is 4.84 Å². The molecule has 3 amide bonds. The van der Waals surface area contributed by atoms with Gasteiger partial charge in [-0.1, -0.05) is 30.6 Å². The zero-order valence-corrected chi connectivity index (χ0v) is 11.8. The minimum absolute atomic E-state index is 0.388. The van der Waals surface area contributed by atoms with E-state index in [1.807, 2.05) is 6.92 Å². The molecule has 2 N–H and O–H groups in total. The summed E-state index contributed by atoms with van der Waals surface area (Å²) in [5.74, 6) is -0.999. The number of urea groups is 1. The number of imide groups is 1. The minimum Gasteiger partial charge on any atom is -0.386 e. The number of unbranched alkanes of at least 4 members (excludes halogenated alkanes) is 1. The summed E-state index contributed by atoms with van der Waals surface area (Å²) >= 11 is 0. The van der Waals surface area contributed by atoms with Crippen LogP contribution in [0.1, 0.15) is 25.3 Å². The van der Waals surface area contributed by atoms with Gasteiger partial charge in [0.25, 0.3) is 5.91 Å². The third kappa shape index (κ3) is 7.66. The summed E-state index contributed by atoms with van der Waals surface area (Å²) in [6.45, 7) is 2.11. The molecule has 1 aromatic carbocycles. The fourth-order valence-electron chi connectivity index (χ4n) is 1.37. The minimum atomic E-state index is -0.611. The van der Waals surface area contributed by atoms with Gasteiger partial charge in [-0.05, 0) is 24.1 Å². The molecule has 0 saturated carbocycles. The van der Waals surface area contributed by atoms with E-state index >= 15 is 0 Å². The highest BCUT2D eigenvalue weighted by Gasteiger charge is 2.06. The number of nitrogens with zero attached hydrogens (tertiary/aromatic N) is 1. The normalized spacial score (nSPS) is 10.4. The zero-order chi connectivity index (χ0) is 15.5. The SMILES string of the molecule is CCCCNC(=O)NC(=O)CO/N=C\c1cccc(F)c1. The molecule has 1 aromatic rings. The second-order valence-corrected chi connectivity index (χ2v) is 4.22. The van der Waals surface area contributed by atoms with Gasteiger partial charge in [-0.3, -0.25) is 10.1 Å². The Morgan fingerprint density at radius 3 is 2.95 bits per heavy atom. The van der Waals surface area contributed by atoms with Crippen molar-refractivity contribution in [1.82, 2.24) is 10.6 Å². The van der Waals surface area contributed by atoms with Gasteiger partial charge in [-0.25, -0.2) is 9.18 Å². The maximum atomic E-state index is 12.9. The van der Waals surface area contributed by atoms with Crippen molar-refractivity contribution in [2.45, 2.75) is 19.8 Å².